The van der Waals surface area contributed by atoms with Gasteiger partial charge in [-0.1, -0.05) is 0 Å². The minimum atomic E-state index is -4.98. The van der Waals surface area contributed by atoms with Crippen molar-refractivity contribution in [1.29, 1.82) is 0 Å². The molecule has 2 aromatic carbocycles. The van der Waals surface area contributed by atoms with Gasteiger partial charge in [0, 0.05) is 24.1 Å². The summed E-state index contributed by atoms with van der Waals surface area (Å²) in [5.74, 6) is -1.22. The molecule has 1 unspecified atom stereocenters. The molecule has 0 aliphatic heterocycles. The van der Waals surface area contributed by atoms with Gasteiger partial charge < -0.3 is 19.5 Å². The summed E-state index contributed by atoms with van der Waals surface area (Å²) in [5.41, 5.74) is -1.77. The Morgan fingerprint density at radius 3 is 2.26 bits per heavy atom. The quantitative estimate of drug-likeness (QED) is 0.241. The minimum absolute atomic E-state index is 0.0662. The van der Waals surface area contributed by atoms with E-state index in [1.54, 1.807) is 6.92 Å². The standard InChI is InChI=1S/C24H23F7N4O3/c1-11(14-6-13(32-3)7-16(21(14)25)23(26,27)28)33-22-15-8-19(38-10-20(37-5)24(29,30)31)18(36-4)9-17(15)34-12(2)35-22/h6-9,11,20H,3,10H2,1-2,4-5H3,(H,33,34,35)/t11-,20?/m1/s1. The summed E-state index contributed by atoms with van der Waals surface area (Å²) in [6.07, 6.45) is -11.9. The Labute approximate surface area is 212 Å². The van der Waals surface area contributed by atoms with Crippen LogP contribution in [-0.4, -0.2) is 49.8 Å². The number of aromatic nitrogens is 2. The van der Waals surface area contributed by atoms with Crippen molar-refractivity contribution in [2.75, 3.05) is 26.1 Å². The number of halogens is 7. The fourth-order valence-electron chi connectivity index (χ4n) is 3.62. The topological polar surface area (TPSA) is 77.9 Å². The van der Waals surface area contributed by atoms with Crippen molar-refractivity contribution < 1.29 is 44.9 Å². The van der Waals surface area contributed by atoms with Crippen molar-refractivity contribution in [2.24, 2.45) is 4.99 Å². The van der Waals surface area contributed by atoms with E-state index in [0.29, 0.717) is 6.07 Å². The Kier molecular flexibility index (Phi) is 8.34. The van der Waals surface area contributed by atoms with Gasteiger partial charge in [0.1, 0.15) is 24.1 Å². The second-order valence-corrected chi connectivity index (χ2v) is 8.14. The highest BCUT2D eigenvalue weighted by molar-refractivity contribution is 5.92. The fourth-order valence-corrected chi connectivity index (χ4v) is 3.62. The molecule has 0 fully saturated rings. The lowest BCUT2D eigenvalue weighted by Crippen LogP contribution is -2.36. The van der Waals surface area contributed by atoms with E-state index in [1.807, 2.05) is 0 Å². The number of ether oxygens (including phenoxy) is 3. The largest absolute Gasteiger partial charge is 0.493 e. The lowest BCUT2D eigenvalue weighted by Gasteiger charge is -2.21. The maximum Gasteiger partial charge on any atom is 0.419 e. The first kappa shape index (κ1) is 28.9. The van der Waals surface area contributed by atoms with Crippen LogP contribution < -0.4 is 14.8 Å². The molecule has 206 valence electrons. The average Bonchev–Trinajstić information content (AvgIpc) is 2.82. The van der Waals surface area contributed by atoms with Gasteiger partial charge in [-0.3, -0.25) is 4.99 Å². The van der Waals surface area contributed by atoms with E-state index in [9.17, 15) is 30.7 Å². The molecule has 0 bridgehead atoms. The van der Waals surface area contributed by atoms with Crippen LogP contribution in [0.15, 0.2) is 29.3 Å². The monoisotopic (exact) mass is 548 g/mol. The first-order valence-electron chi connectivity index (χ1n) is 10.9. The van der Waals surface area contributed by atoms with Crippen LogP contribution in [-0.2, 0) is 10.9 Å². The molecule has 1 N–H and O–H groups in total. The molecule has 0 radical (unpaired) electrons. The summed E-state index contributed by atoms with van der Waals surface area (Å²) in [7, 11) is 2.17. The van der Waals surface area contributed by atoms with Gasteiger partial charge in [-0.25, -0.2) is 14.4 Å². The van der Waals surface area contributed by atoms with Gasteiger partial charge in [0.15, 0.2) is 17.6 Å². The molecule has 2 atom stereocenters. The average molecular weight is 548 g/mol. The highest BCUT2D eigenvalue weighted by atomic mass is 19.4. The summed E-state index contributed by atoms with van der Waals surface area (Å²) in [5, 5.41) is 3.09. The number of alkyl halides is 6. The number of fused-ring (bicyclic) bond motifs is 1. The highest BCUT2D eigenvalue weighted by Crippen LogP contribution is 2.39. The molecule has 0 saturated heterocycles. The number of hydrogen-bond acceptors (Lipinski definition) is 7. The number of nitrogens with one attached hydrogen (secondary N) is 1. The Morgan fingerprint density at radius 1 is 1.03 bits per heavy atom. The SMILES string of the molecule is C=Nc1cc([C@@H](C)Nc2nc(C)nc3cc(OC)c(OCC(OC)C(F)(F)F)cc23)c(F)c(C(F)(F)F)c1. The molecule has 7 nitrogen and oxygen atoms in total. The molecule has 38 heavy (non-hydrogen) atoms. The maximum absolute atomic E-state index is 14.9. The van der Waals surface area contributed by atoms with E-state index in [1.165, 1.54) is 26.2 Å². The summed E-state index contributed by atoms with van der Waals surface area (Å²) in [6, 6.07) is 3.31. The van der Waals surface area contributed by atoms with Crippen molar-refractivity contribution >= 4 is 29.1 Å². The Balaban J connectivity index is 2.06. The van der Waals surface area contributed by atoms with Gasteiger partial charge in [0.05, 0.1) is 29.9 Å². The molecule has 3 rings (SSSR count). The lowest BCUT2D eigenvalue weighted by molar-refractivity contribution is -0.219. The Morgan fingerprint density at radius 2 is 1.71 bits per heavy atom. The van der Waals surface area contributed by atoms with Crippen LogP contribution in [0.1, 0.15) is 29.9 Å². The van der Waals surface area contributed by atoms with Crippen molar-refractivity contribution in [2.45, 2.75) is 38.3 Å². The maximum atomic E-state index is 14.9. The molecular weight excluding hydrogens is 525 g/mol. The fraction of sp³-hybridized carbons (Fsp3) is 0.375. The number of nitrogens with zero attached hydrogens (tertiary/aromatic N) is 3. The molecule has 0 spiro atoms. The molecule has 1 heterocycles. The Bertz CT molecular complexity index is 1330. The van der Waals surface area contributed by atoms with E-state index < -0.39 is 42.5 Å². The summed E-state index contributed by atoms with van der Waals surface area (Å²) in [6.45, 7) is 5.27. The van der Waals surface area contributed by atoms with Gasteiger partial charge in [-0.2, -0.15) is 26.3 Å². The zero-order valence-corrected chi connectivity index (χ0v) is 20.6. The van der Waals surface area contributed by atoms with Gasteiger partial charge in [-0.15, -0.1) is 0 Å². The van der Waals surface area contributed by atoms with Gasteiger partial charge in [0.25, 0.3) is 0 Å². The van der Waals surface area contributed by atoms with Crippen LogP contribution in [0.25, 0.3) is 10.9 Å². The molecule has 0 amide bonds. The number of hydrogen-bond donors (Lipinski definition) is 1. The number of methoxy groups -OCH3 is 2. The van der Waals surface area contributed by atoms with Gasteiger partial charge >= 0.3 is 12.4 Å². The van der Waals surface area contributed by atoms with Crippen LogP contribution in [0.2, 0.25) is 0 Å². The number of aliphatic imine (C=N–C) groups is 1. The predicted molar refractivity (Wildman–Crippen MR) is 126 cm³/mol. The van der Waals surface area contributed by atoms with Crippen LogP contribution >= 0.6 is 0 Å². The van der Waals surface area contributed by atoms with E-state index >= 15 is 0 Å². The number of aryl methyl sites for hydroxylation is 1. The molecule has 1 aromatic heterocycles. The molecule has 0 saturated carbocycles. The minimum Gasteiger partial charge on any atom is -0.493 e. The zero-order valence-electron chi connectivity index (χ0n) is 20.6. The van der Waals surface area contributed by atoms with Crippen molar-refractivity contribution in [3.8, 4) is 11.5 Å². The van der Waals surface area contributed by atoms with E-state index in [2.05, 4.69) is 31.7 Å². The third-order valence-corrected chi connectivity index (χ3v) is 5.53. The van der Waals surface area contributed by atoms with Crippen LogP contribution in [0, 0.1) is 12.7 Å². The first-order chi connectivity index (χ1) is 17.7. The second-order valence-electron chi connectivity index (χ2n) is 8.14. The van der Waals surface area contributed by atoms with Crippen molar-refractivity contribution in [3.05, 3.63) is 47.0 Å². The van der Waals surface area contributed by atoms with Crippen LogP contribution in [0.4, 0.5) is 42.2 Å². The van der Waals surface area contributed by atoms with Crippen molar-refractivity contribution in [1.82, 2.24) is 9.97 Å². The number of anilines is 1. The van der Waals surface area contributed by atoms with Gasteiger partial charge in [-0.05, 0) is 38.8 Å². The van der Waals surface area contributed by atoms with Crippen LogP contribution in [0.5, 0.6) is 11.5 Å². The predicted octanol–water partition coefficient (Wildman–Crippen LogP) is 6.57. The van der Waals surface area contributed by atoms with E-state index in [4.69, 9.17) is 9.47 Å². The first-order valence-corrected chi connectivity index (χ1v) is 10.9. The number of benzene rings is 2. The molecule has 3 aromatic rings. The summed E-state index contributed by atoms with van der Waals surface area (Å²) in [4.78, 5) is 12.0. The third kappa shape index (κ3) is 6.23. The molecule has 14 heteroatoms. The summed E-state index contributed by atoms with van der Waals surface area (Å²) < 4.78 is 109. The van der Waals surface area contributed by atoms with Gasteiger partial charge in [0.2, 0.25) is 0 Å². The smallest absolute Gasteiger partial charge is 0.419 e. The zero-order chi connectivity index (χ0) is 28.4. The molecule has 0 aliphatic carbocycles. The molecule has 0 aliphatic rings. The third-order valence-electron chi connectivity index (χ3n) is 5.53. The Hall–Kier alpha value is -3.68. The van der Waals surface area contributed by atoms with Crippen molar-refractivity contribution in [3.63, 3.8) is 0 Å². The molecular formula is C24H23F7N4O3. The van der Waals surface area contributed by atoms with E-state index in [-0.39, 0.29) is 45.3 Å². The highest BCUT2D eigenvalue weighted by Gasteiger charge is 2.41. The lowest BCUT2D eigenvalue weighted by atomic mass is 10.0. The number of rotatable bonds is 9. The second kappa shape index (κ2) is 11.0. The van der Waals surface area contributed by atoms with E-state index in [0.717, 1.165) is 13.2 Å². The normalized spacial score (nSPS) is 13.8. The van der Waals surface area contributed by atoms with Crippen LogP contribution in [0.3, 0.4) is 0 Å². The summed E-state index contributed by atoms with van der Waals surface area (Å²) >= 11 is 0.